The van der Waals surface area contributed by atoms with Crippen molar-refractivity contribution in [3.63, 3.8) is 0 Å². The Hall–Kier alpha value is -7.63. The molecule has 0 N–H and O–H groups in total. The van der Waals surface area contributed by atoms with Crippen LogP contribution in [0.3, 0.4) is 0 Å². The predicted octanol–water partition coefficient (Wildman–Crippen LogP) is 13.8. The summed E-state index contributed by atoms with van der Waals surface area (Å²) < 4.78 is 12.6. The first-order valence-electron chi connectivity index (χ1n) is 18.8. The highest BCUT2D eigenvalue weighted by Gasteiger charge is 2.20. The summed E-state index contributed by atoms with van der Waals surface area (Å²) in [5, 5.41) is 11.5. The van der Waals surface area contributed by atoms with Crippen LogP contribution in [-0.2, 0) is 0 Å². The lowest BCUT2D eigenvalue weighted by molar-refractivity contribution is 0.668. The number of fused-ring (bicyclic) bond motifs is 11. The van der Waals surface area contributed by atoms with Crippen molar-refractivity contribution in [2.45, 2.75) is 0 Å². The fourth-order valence-electron chi connectivity index (χ4n) is 8.52. The third-order valence-electron chi connectivity index (χ3n) is 11.1. The Kier molecular flexibility index (Phi) is 6.56. The van der Waals surface area contributed by atoms with Gasteiger partial charge in [-0.15, -0.1) is 0 Å². The molecular formula is C51H29N3O2. The summed E-state index contributed by atoms with van der Waals surface area (Å²) in [4.78, 5) is 15.7. The number of nitrogens with zero attached hydrogens (tertiary/aromatic N) is 3. The highest BCUT2D eigenvalue weighted by Crippen LogP contribution is 2.40. The van der Waals surface area contributed by atoms with Gasteiger partial charge in [-0.05, 0) is 79.8 Å². The Morgan fingerprint density at radius 3 is 1.48 bits per heavy atom. The normalized spacial score (nSPS) is 11.9. The number of rotatable bonds is 4. The molecule has 0 aliphatic carbocycles. The highest BCUT2D eigenvalue weighted by molar-refractivity contribution is 6.20. The minimum atomic E-state index is 0.571. The van der Waals surface area contributed by atoms with Crippen LogP contribution in [0, 0.1) is 0 Å². The van der Waals surface area contributed by atoms with Crippen LogP contribution in [0.2, 0.25) is 0 Å². The summed E-state index contributed by atoms with van der Waals surface area (Å²) in [7, 11) is 0. The smallest absolute Gasteiger partial charge is 0.164 e. The second-order valence-electron chi connectivity index (χ2n) is 14.3. The van der Waals surface area contributed by atoms with E-state index in [1.54, 1.807) is 0 Å². The number of benzene rings is 9. The number of hydrogen-bond acceptors (Lipinski definition) is 5. The minimum absolute atomic E-state index is 0.571. The molecule has 0 spiro atoms. The lowest BCUT2D eigenvalue weighted by atomic mass is 9.94. The van der Waals surface area contributed by atoms with Gasteiger partial charge < -0.3 is 8.83 Å². The lowest BCUT2D eigenvalue weighted by Gasteiger charge is -2.12. The summed E-state index contributed by atoms with van der Waals surface area (Å²) in [6, 6.07) is 61.1. The standard InChI is InChI=1S/C51H29N3O2/c1-2-13-36-30(10-1)22-23-31-24-25-34-28-33(26-27-37(34)46(31)36)32-11-7-12-35(29-32)49-52-50(40-16-8-20-44-47(40)38-14-3-5-18-42(38)55-44)54-51(53-49)41-17-9-21-45-48(41)39-15-4-6-19-43(39)56-45/h1-29H. The van der Waals surface area contributed by atoms with Crippen molar-refractivity contribution in [1.82, 2.24) is 15.0 Å². The van der Waals surface area contributed by atoms with Gasteiger partial charge in [-0.25, -0.2) is 15.0 Å². The van der Waals surface area contributed by atoms with Crippen LogP contribution in [-0.4, -0.2) is 15.0 Å². The van der Waals surface area contributed by atoms with E-state index in [0.29, 0.717) is 17.5 Å². The first-order valence-corrected chi connectivity index (χ1v) is 18.8. The van der Waals surface area contributed by atoms with Crippen molar-refractivity contribution in [1.29, 1.82) is 0 Å². The zero-order valence-electron chi connectivity index (χ0n) is 29.9. The molecule has 0 amide bonds. The Morgan fingerprint density at radius 2 is 0.786 bits per heavy atom. The van der Waals surface area contributed by atoms with Crippen LogP contribution in [0.1, 0.15) is 0 Å². The Morgan fingerprint density at radius 1 is 0.286 bits per heavy atom. The van der Waals surface area contributed by atoms with Crippen molar-refractivity contribution in [3.8, 4) is 45.3 Å². The molecule has 5 heteroatoms. The van der Waals surface area contributed by atoms with Crippen LogP contribution >= 0.6 is 0 Å². The molecule has 12 aromatic rings. The molecule has 0 unspecified atom stereocenters. The van der Waals surface area contributed by atoms with Crippen molar-refractivity contribution >= 4 is 76.2 Å². The summed E-state index contributed by atoms with van der Waals surface area (Å²) in [5.41, 5.74) is 8.08. The largest absolute Gasteiger partial charge is 0.456 e. The molecule has 12 rings (SSSR count). The maximum absolute atomic E-state index is 6.30. The van der Waals surface area contributed by atoms with Crippen LogP contribution in [0.15, 0.2) is 185 Å². The molecule has 260 valence electrons. The molecule has 0 radical (unpaired) electrons. The van der Waals surface area contributed by atoms with Crippen molar-refractivity contribution in [2.24, 2.45) is 0 Å². The van der Waals surface area contributed by atoms with E-state index >= 15 is 0 Å². The second kappa shape index (κ2) is 11.9. The summed E-state index contributed by atoms with van der Waals surface area (Å²) in [5.74, 6) is 1.73. The molecule has 3 heterocycles. The topological polar surface area (TPSA) is 65.0 Å². The number of furan rings is 2. The zero-order valence-corrected chi connectivity index (χ0v) is 29.9. The fraction of sp³-hybridized carbons (Fsp3) is 0. The predicted molar refractivity (Wildman–Crippen MR) is 229 cm³/mol. The maximum Gasteiger partial charge on any atom is 0.164 e. The van der Waals surface area contributed by atoms with Crippen LogP contribution in [0.4, 0.5) is 0 Å². The third kappa shape index (κ3) is 4.71. The molecule has 5 nitrogen and oxygen atoms in total. The molecular weight excluding hydrogens is 687 g/mol. The van der Waals surface area contributed by atoms with Gasteiger partial charge in [0, 0.05) is 38.2 Å². The van der Waals surface area contributed by atoms with E-state index in [-0.39, 0.29) is 0 Å². The quantitative estimate of drug-likeness (QED) is 0.170. The SMILES string of the molecule is c1cc(-c2ccc3c(ccc4ccc5ccccc5c43)c2)cc(-c2nc(-c3cccc4oc5ccccc5c34)nc(-c3cccc4oc5ccccc5c34)n2)c1. The first kappa shape index (κ1) is 30.8. The lowest BCUT2D eigenvalue weighted by Crippen LogP contribution is -2.01. The van der Waals surface area contributed by atoms with E-state index in [0.717, 1.165) is 71.7 Å². The average molecular weight is 716 g/mol. The third-order valence-corrected chi connectivity index (χ3v) is 11.1. The summed E-state index contributed by atoms with van der Waals surface area (Å²) in [6.07, 6.45) is 0. The summed E-state index contributed by atoms with van der Waals surface area (Å²) >= 11 is 0. The Bertz CT molecular complexity index is 3430. The van der Waals surface area contributed by atoms with Gasteiger partial charge in [0.15, 0.2) is 17.5 Å². The first-order chi connectivity index (χ1) is 27.7. The van der Waals surface area contributed by atoms with Crippen molar-refractivity contribution in [3.05, 3.63) is 176 Å². The van der Waals surface area contributed by atoms with Crippen LogP contribution < -0.4 is 0 Å². The van der Waals surface area contributed by atoms with E-state index in [9.17, 15) is 0 Å². The zero-order chi connectivity index (χ0) is 36.7. The Balaban J connectivity index is 1.06. The molecule has 0 aliphatic rings. The monoisotopic (exact) mass is 715 g/mol. The van der Waals surface area contributed by atoms with E-state index in [1.807, 2.05) is 60.7 Å². The molecule has 56 heavy (non-hydrogen) atoms. The average Bonchev–Trinajstić information content (AvgIpc) is 3.85. The minimum Gasteiger partial charge on any atom is -0.456 e. The molecule has 0 aliphatic heterocycles. The van der Waals surface area contributed by atoms with E-state index in [2.05, 4.69) is 115 Å². The second-order valence-corrected chi connectivity index (χ2v) is 14.3. The van der Waals surface area contributed by atoms with Gasteiger partial charge in [-0.2, -0.15) is 0 Å². The van der Waals surface area contributed by atoms with Gasteiger partial charge in [-0.3, -0.25) is 0 Å². The Labute approximate surface area is 320 Å². The number of hydrogen-bond donors (Lipinski definition) is 0. The molecule has 3 aromatic heterocycles. The van der Waals surface area contributed by atoms with Crippen molar-refractivity contribution < 1.29 is 8.83 Å². The van der Waals surface area contributed by atoms with Gasteiger partial charge in [0.1, 0.15) is 22.3 Å². The molecule has 0 saturated heterocycles. The van der Waals surface area contributed by atoms with Gasteiger partial charge in [0.25, 0.3) is 0 Å². The van der Waals surface area contributed by atoms with Crippen LogP contribution in [0.25, 0.3) is 121 Å². The highest BCUT2D eigenvalue weighted by atomic mass is 16.3. The molecule has 0 atom stereocenters. The molecule has 0 fully saturated rings. The molecule has 9 aromatic carbocycles. The van der Waals surface area contributed by atoms with E-state index < -0.39 is 0 Å². The molecule has 0 saturated carbocycles. The van der Waals surface area contributed by atoms with E-state index in [1.165, 1.54) is 32.3 Å². The van der Waals surface area contributed by atoms with E-state index in [4.69, 9.17) is 23.8 Å². The maximum atomic E-state index is 6.30. The van der Waals surface area contributed by atoms with Gasteiger partial charge in [0.2, 0.25) is 0 Å². The fourth-order valence-corrected chi connectivity index (χ4v) is 8.52. The van der Waals surface area contributed by atoms with Gasteiger partial charge in [0.05, 0.1) is 0 Å². The number of aromatic nitrogens is 3. The van der Waals surface area contributed by atoms with Gasteiger partial charge in [-0.1, -0.05) is 140 Å². The summed E-state index contributed by atoms with van der Waals surface area (Å²) in [6.45, 7) is 0. The van der Waals surface area contributed by atoms with Crippen LogP contribution in [0.5, 0.6) is 0 Å². The molecule has 0 bridgehead atoms. The van der Waals surface area contributed by atoms with Gasteiger partial charge >= 0.3 is 0 Å². The van der Waals surface area contributed by atoms with Crippen molar-refractivity contribution in [2.75, 3.05) is 0 Å². The number of para-hydroxylation sites is 2.